The molecule has 0 heterocycles. The minimum absolute atomic E-state index is 0.0435. The van der Waals surface area contributed by atoms with Gasteiger partial charge in [-0.1, -0.05) is 20.8 Å². The van der Waals surface area contributed by atoms with Crippen LogP contribution in [0.2, 0.25) is 0 Å². The fourth-order valence-corrected chi connectivity index (χ4v) is 9.35. The van der Waals surface area contributed by atoms with E-state index in [0.717, 1.165) is 49.1 Å². The van der Waals surface area contributed by atoms with Gasteiger partial charge in [0, 0.05) is 25.6 Å². The average molecular weight is 433 g/mol. The van der Waals surface area contributed by atoms with Crippen molar-refractivity contribution >= 4 is 5.97 Å². The topological polar surface area (TPSA) is 64.3 Å². The van der Waals surface area contributed by atoms with Crippen molar-refractivity contribution in [2.45, 2.75) is 97.4 Å². The summed E-state index contributed by atoms with van der Waals surface area (Å²) < 4.78 is 4.91. The number of rotatable bonds is 7. The van der Waals surface area contributed by atoms with Gasteiger partial charge in [-0.3, -0.25) is 4.79 Å². The maximum Gasteiger partial charge on any atom is 0.305 e. The molecule has 4 saturated carbocycles. The van der Waals surface area contributed by atoms with Gasteiger partial charge in [-0.15, -0.1) is 0 Å². The van der Waals surface area contributed by atoms with Crippen molar-refractivity contribution in [2.75, 3.05) is 20.2 Å². The Labute approximate surface area is 190 Å². The molecule has 0 aromatic heterocycles. The van der Waals surface area contributed by atoms with Crippen molar-refractivity contribution in [3.05, 3.63) is 0 Å². The molecule has 0 amide bonds. The molecule has 4 heteroatoms. The average Bonchev–Trinajstić information content (AvgIpc) is 3.13. The summed E-state index contributed by atoms with van der Waals surface area (Å²) in [7, 11) is 1.51. The number of carbonyl (C=O) groups excluding carboxylic acids is 1. The first kappa shape index (κ1) is 23.5. The van der Waals surface area contributed by atoms with Crippen LogP contribution in [0.5, 0.6) is 0 Å². The summed E-state index contributed by atoms with van der Waals surface area (Å²) >= 11 is 0. The number of nitrogens with one attached hydrogen (secondary N) is 1. The van der Waals surface area contributed by atoms with Crippen LogP contribution in [0, 0.1) is 46.3 Å². The molecule has 3 N–H and O–H groups in total. The Morgan fingerprint density at radius 3 is 2.55 bits per heavy atom. The van der Waals surface area contributed by atoms with E-state index in [0.29, 0.717) is 29.2 Å². The van der Waals surface area contributed by atoms with Crippen LogP contribution in [0.1, 0.15) is 91.4 Å². The Morgan fingerprint density at radius 2 is 1.81 bits per heavy atom. The van der Waals surface area contributed by atoms with Gasteiger partial charge in [-0.2, -0.15) is 0 Å². The Balaban J connectivity index is 1.43. The molecule has 31 heavy (non-hydrogen) atoms. The lowest BCUT2D eigenvalue weighted by Gasteiger charge is -2.61. The van der Waals surface area contributed by atoms with Crippen molar-refractivity contribution in [3.63, 3.8) is 0 Å². The quantitative estimate of drug-likeness (QED) is 0.546. The lowest BCUT2D eigenvalue weighted by Crippen LogP contribution is -2.55. The fraction of sp³-hybridized carbons (Fsp3) is 0.963. The lowest BCUT2D eigenvalue weighted by molar-refractivity contribution is -0.141. The summed E-state index contributed by atoms with van der Waals surface area (Å²) in [4.78, 5) is 11.7. The summed E-state index contributed by atoms with van der Waals surface area (Å²) in [6.07, 6.45) is 14.2. The maximum absolute atomic E-state index is 11.7. The van der Waals surface area contributed by atoms with E-state index in [-0.39, 0.29) is 5.97 Å². The summed E-state index contributed by atoms with van der Waals surface area (Å²) in [5.41, 5.74) is 6.78. The third-order valence-electron chi connectivity index (χ3n) is 11.0. The van der Waals surface area contributed by atoms with E-state index in [1.165, 1.54) is 64.9 Å². The van der Waals surface area contributed by atoms with E-state index in [4.69, 9.17) is 10.5 Å². The predicted molar refractivity (Wildman–Crippen MR) is 126 cm³/mol. The normalized spacial score (nSPS) is 45.3. The highest BCUT2D eigenvalue weighted by Crippen LogP contribution is 2.68. The van der Waals surface area contributed by atoms with Crippen LogP contribution < -0.4 is 11.1 Å². The van der Waals surface area contributed by atoms with Crippen LogP contribution in [0.25, 0.3) is 0 Å². The predicted octanol–water partition coefficient (Wildman–Crippen LogP) is 5.15. The van der Waals surface area contributed by atoms with Gasteiger partial charge in [0.1, 0.15) is 0 Å². The van der Waals surface area contributed by atoms with Crippen LogP contribution in [-0.4, -0.2) is 32.2 Å². The molecule has 4 unspecified atom stereocenters. The van der Waals surface area contributed by atoms with Gasteiger partial charge >= 0.3 is 5.97 Å². The Kier molecular flexibility index (Phi) is 7.09. The van der Waals surface area contributed by atoms with Crippen molar-refractivity contribution in [1.82, 2.24) is 5.32 Å². The molecule has 4 aliphatic carbocycles. The highest BCUT2D eigenvalue weighted by molar-refractivity contribution is 5.69. The van der Waals surface area contributed by atoms with Crippen molar-refractivity contribution in [3.8, 4) is 0 Å². The first-order valence-corrected chi connectivity index (χ1v) is 13.3. The molecule has 178 valence electrons. The molecule has 0 aromatic rings. The minimum atomic E-state index is -0.0435. The second-order valence-corrected chi connectivity index (χ2v) is 12.2. The molecule has 0 spiro atoms. The standard InChI is InChI=1S/C27H48N2O2/c1-18(5-10-25(30)31-4)22-8-9-23-21-7-6-19-17-20(29-16-15-28)11-13-26(19,2)24(21)12-14-27(22,23)3/h18-24,29H,5-17,28H2,1-4H3/t18-,19+,20-,21?,22?,23?,24?,26-,27+/m0/s1. The van der Waals surface area contributed by atoms with Crippen LogP contribution in [0.15, 0.2) is 0 Å². The highest BCUT2D eigenvalue weighted by Gasteiger charge is 2.60. The van der Waals surface area contributed by atoms with Crippen molar-refractivity contribution < 1.29 is 9.53 Å². The van der Waals surface area contributed by atoms with Gasteiger partial charge in [-0.25, -0.2) is 0 Å². The second-order valence-electron chi connectivity index (χ2n) is 12.2. The van der Waals surface area contributed by atoms with E-state index >= 15 is 0 Å². The molecule has 4 fully saturated rings. The SMILES string of the molecule is COC(=O)CC[C@H](C)C1CCC2C3CC[C@@H]4C[C@@H](NCCN)CC[C@]4(C)C3CC[C@@]21C. The smallest absolute Gasteiger partial charge is 0.305 e. The van der Waals surface area contributed by atoms with Gasteiger partial charge in [0.25, 0.3) is 0 Å². The number of hydrogen-bond donors (Lipinski definition) is 2. The van der Waals surface area contributed by atoms with Crippen LogP contribution in [0.3, 0.4) is 0 Å². The summed E-state index contributed by atoms with van der Waals surface area (Å²) in [5.74, 6) is 5.04. The van der Waals surface area contributed by atoms with Gasteiger partial charge in [0.2, 0.25) is 0 Å². The van der Waals surface area contributed by atoms with E-state index in [9.17, 15) is 4.79 Å². The number of carbonyl (C=O) groups is 1. The fourth-order valence-electron chi connectivity index (χ4n) is 9.35. The molecule has 4 rings (SSSR count). The number of fused-ring (bicyclic) bond motifs is 5. The van der Waals surface area contributed by atoms with Gasteiger partial charge in [0.15, 0.2) is 0 Å². The molecule has 0 saturated heterocycles. The molecule has 4 aliphatic rings. The Morgan fingerprint density at radius 1 is 1.06 bits per heavy atom. The molecule has 0 aromatic carbocycles. The molecule has 4 nitrogen and oxygen atoms in total. The van der Waals surface area contributed by atoms with Crippen LogP contribution in [-0.2, 0) is 9.53 Å². The number of ether oxygens (including phenoxy) is 1. The van der Waals surface area contributed by atoms with E-state index in [1.54, 1.807) is 0 Å². The third-order valence-corrected chi connectivity index (χ3v) is 11.0. The lowest BCUT2D eigenvalue weighted by atomic mass is 9.44. The van der Waals surface area contributed by atoms with Crippen LogP contribution >= 0.6 is 0 Å². The number of methoxy groups -OCH3 is 1. The second kappa shape index (κ2) is 9.33. The minimum Gasteiger partial charge on any atom is -0.469 e. The largest absolute Gasteiger partial charge is 0.469 e. The van der Waals surface area contributed by atoms with Gasteiger partial charge in [-0.05, 0) is 111 Å². The molecule has 0 bridgehead atoms. The Bertz CT molecular complexity index is 639. The summed E-state index contributed by atoms with van der Waals surface area (Å²) in [5, 5.41) is 3.72. The highest BCUT2D eigenvalue weighted by atomic mass is 16.5. The molecular formula is C27H48N2O2. The zero-order chi connectivity index (χ0) is 22.2. The molecule has 0 radical (unpaired) electrons. The van der Waals surface area contributed by atoms with Gasteiger partial charge < -0.3 is 15.8 Å². The number of nitrogens with two attached hydrogens (primary N) is 1. The Hall–Kier alpha value is -0.610. The monoisotopic (exact) mass is 432 g/mol. The summed E-state index contributed by atoms with van der Waals surface area (Å²) in [6, 6.07) is 0.693. The summed E-state index contributed by atoms with van der Waals surface area (Å²) in [6.45, 7) is 9.42. The van der Waals surface area contributed by atoms with Crippen molar-refractivity contribution in [1.29, 1.82) is 0 Å². The third kappa shape index (κ3) is 4.21. The van der Waals surface area contributed by atoms with E-state index in [2.05, 4.69) is 26.1 Å². The maximum atomic E-state index is 11.7. The van der Waals surface area contributed by atoms with E-state index < -0.39 is 0 Å². The zero-order valence-electron chi connectivity index (χ0n) is 20.6. The van der Waals surface area contributed by atoms with Crippen molar-refractivity contribution in [2.24, 2.45) is 52.1 Å². The first-order chi connectivity index (χ1) is 14.8. The van der Waals surface area contributed by atoms with Gasteiger partial charge in [0.05, 0.1) is 7.11 Å². The van der Waals surface area contributed by atoms with Crippen LogP contribution in [0.4, 0.5) is 0 Å². The molecular weight excluding hydrogens is 384 g/mol. The molecule has 0 aliphatic heterocycles. The van der Waals surface area contributed by atoms with E-state index in [1.807, 2.05) is 0 Å². The number of esters is 1. The number of hydrogen-bond acceptors (Lipinski definition) is 4. The first-order valence-electron chi connectivity index (χ1n) is 13.3. The molecule has 9 atom stereocenters. The zero-order valence-corrected chi connectivity index (χ0v) is 20.6.